The van der Waals surface area contributed by atoms with Crippen LogP contribution in [0.25, 0.3) is 5.69 Å². The lowest BCUT2D eigenvalue weighted by Gasteiger charge is -2.27. The zero-order valence-electron chi connectivity index (χ0n) is 15.2. The highest BCUT2D eigenvalue weighted by Gasteiger charge is 2.78. The fraction of sp³-hybridized carbons (Fsp3) is 0.429. The first kappa shape index (κ1) is 27.0. The lowest BCUT2D eigenvalue weighted by molar-refractivity contribution is -0.384. The number of benzene rings is 1. The van der Waals surface area contributed by atoms with Gasteiger partial charge in [0.15, 0.2) is 0 Å². The molecule has 2 rings (SSSR count). The summed E-state index contributed by atoms with van der Waals surface area (Å²) in [6.45, 7) is 0. The van der Waals surface area contributed by atoms with Crippen LogP contribution in [0.15, 0.2) is 24.3 Å². The molecule has 0 aliphatic rings. The van der Waals surface area contributed by atoms with Crippen molar-refractivity contribution in [3.63, 3.8) is 0 Å². The van der Waals surface area contributed by atoms with E-state index in [2.05, 4.69) is 5.10 Å². The third-order valence-corrected chi connectivity index (χ3v) is 3.98. The average Bonchev–Trinajstić information content (AvgIpc) is 3.12. The van der Waals surface area contributed by atoms with Gasteiger partial charge in [0.25, 0.3) is 5.69 Å². The van der Waals surface area contributed by atoms with E-state index >= 15 is 0 Å². The lowest BCUT2D eigenvalue weighted by atomic mass is 10.1. The monoisotopic (exact) mass is 526 g/mol. The summed E-state index contributed by atoms with van der Waals surface area (Å²) in [5, 5.41) is 13.1. The molecule has 0 saturated carbocycles. The number of rotatable bonds is 6. The van der Waals surface area contributed by atoms with Crippen LogP contribution in [0, 0.1) is 10.1 Å². The summed E-state index contributed by atoms with van der Waals surface area (Å²) in [6.07, 6.45) is -14.3. The van der Waals surface area contributed by atoms with E-state index in [1.165, 1.54) is 0 Å². The molecule has 6 nitrogen and oxygen atoms in total. The molecule has 190 valence electrons. The van der Waals surface area contributed by atoms with E-state index in [1.807, 2.05) is 0 Å². The van der Waals surface area contributed by atoms with Crippen LogP contribution >= 0.6 is 0 Å². The van der Waals surface area contributed by atoms with Gasteiger partial charge in [0, 0.05) is 6.07 Å². The highest BCUT2D eigenvalue weighted by atomic mass is 19.4. The normalized spacial score (nSPS) is 14.4. The zero-order chi connectivity index (χ0) is 26.7. The molecule has 1 heterocycles. The van der Waals surface area contributed by atoms with E-state index < -0.39 is 68.7 Å². The maximum Gasteiger partial charge on any atom is 0.460 e. The average molecular weight is 526 g/mol. The van der Waals surface area contributed by atoms with Gasteiger partial charge in [0.1, 0.15) is 5.69 Å². The molecule has 0 aliphatic carbocycles. The van der Waals surface area contributed by atoms with Gasteiger partial charge < -0.3 is 0 Å². The number of aromatic nitrogens is 3. The SMILES string of the molecule is O=[N+]([O-])c1ccccc1-n1nc(C(F)(F)C(F)(F)C(F)(F)F)nc1C(F)(F)C(F)(F)C(F)(F)F. The van der Waals surface area contributed by atoms with Gasteiger partial charge in [-0.3, -0.25) is 10.1 Å². The minimum absolute atomic E-state index is 0.252. The van der Waals surface area contributed by atoms with E-state index in [4.69, 9.17) is 0 Å². The Morgan fingerprint density at radius 3 is 1.62 bits per heavy atom. The van der Waals surface area contributed by atoms with Gasteiger partial charge >= 0.3 is 36.0 Å². The predicted molar refractivity (Wildman–Crippen MR) is 77.8 cm³/mol. The molecule has 0 saturated heterocycles. The van der Waals surface area contributed by atoms with Gasteiger partial charge in [-0.05, 0) is 6.07 Å². The Labute approximate surface area is 175 Å². The lowest BCUT2D eigenvalue weighted by Crippen LogP contribution is -2.51. The first-order valence-electron chi connectivity index (χ1n) is 7.88. The summed E-state index contributed by atoms with van der Waals surface area (Å²) >= 11 is 0. The summed E-state index contributed by atoms with van der Waals surface area (Å²) in [5.41, 5.74) is -3.08. The van der Waals surface area contributed by atoms with Crippen LogP contribution in [-0.4, -0.2) is 43.9 Å². The number of nitro groups is 1. The standard InChI is InChI=1S/C14H4F14N4O2/c15-9(16,11(19,20)13(23,24)25)7-29-8(10(17,18)12(21,22)14(26,27)28)31(30-7)5-3-1-2-4-6(5)32(33)34/h1-4H. The molecule has 0 atom stereocenters. The fourth-order valence-corrected chi connectivity index (χ4v) is 2.25. The molecule has 0 aliphatic heterocycles. The molecule has 1 aromatic carbocycles. The van der Waals surface area contributed by atoms with Crippen molar-refractivity contribution in [3.05, 3.63) is 46.0 Å². The zero-order valence-corrected chi connectivity index (χ0v) is 15.2. The number of alkyl halides is 14. The Kier molecular flexibility index (Phi) is 6.08. The molecule has 0 unspecified atom stereocenters. The number of hydrogen-bond acceptors (Lipinski definition) is 4. The Balaban J connectivity index is 2.97. The van der Waals surface area contributed by atoms with Crippen LogP contribution in [0.5, 0.6) is 0 Å². The summed E-state index contributed by atoms with van der Waals surface area (Å²) < 4.78 is 183. The van der Waals surface area contributed by atoms with Crippen LogP contribution in [0.3, 0.4) is 0 Å². The molecule has 1 aromatic heterocycles. The van der Waals surface area contributed by atoms with E-state index in [1.54, 1.807) is 4.98 Å². The summed E-state index contributed by atoms with van der Waals surface area (Å²) in [5.74, 6) is -34.3. The second-order valence-corrected chi connectivity index (χ2v) is 6.21. The number of hydrogen-bond donors (Lipinski definition) is 0. The van der Waals surface area contributed by atoms with E-state index in [0.717, 1.165) is 6.07 Å². The molecule has 0 radical (unpaired) electrons. The first-order chi connectivity index (χ1) is 15.0. The van der Waals surface area contributed by atoms with Crippen molar-refractivity contribution in [1.82, 2.24) is 14.8 Å². The van der Waals surface area contributed by atoms with Gasteiger partial charge in [0.2, 0.25) is 11.6 Å². The van der Waals surface area contributed by atoms with Crippen molar-refractivity contribution in [2.45, 2.75) is 36.0 Å². The van der Waals surface area contributed by atoms with Gasteiger partial charge in [-0.2, -0.15) is 61.5 Å². The Bertz CT molecular complexity index is 1090. The van der Waals surface area contributed by atoms with Crippen LogP contribution < -0.4 is 0 Å². The van der Waals surface area contributed by atoms with Crippen LogP contribution in [0.1, 0.15) is 11.6 Å². The second-order valence-electron chi connectivity index (χ2n) is 6.21. The van der Waals surface area contributed by atoms with E-state index in [0.29, 0.717) is 12.1 Å². The second kappa shape index (κ2) is 7.65. The molecule has 34 heavy (non-hydrogen) atoms. The van der Waals surface area contributed by atoms with E-state index in [-0.39, 0.29) is 6.07 Å². The highest BCUT2D eigenvalue weighted by molar-refractivity contribution is 5.52. The van der Waals surface area contributed by atoms with Gasteiger partial charge in [-0.1, -0.05) is 12.1 Å². The molecular weight excluding hydrogens is 522 g/mol. The number of para-hydroxylation sites is 2. The third-order valence-electron chi connectivity index (χ3n) is 3.98. The quantitative estimate of drug-likeness (QED) is 0.273. The fourth-order valence-electron chi connectivity index (χ4n) is 2.25. The Morgan fingerprint density at radius 2 is 1.18 bits per heavy atom. The van der Waals surface area contributed by atoms with Crippen LogP contribution in [-0.2, 0) is 11.8 Å². The molecular formula is C14H4F14N4O2. The summed E-state index contributed by atoms with van der Waals surface area (Å²) in [6, 6.07) is 2.02. The van der Waals surface area contributed by atoms with E-state index in [9.17, 15) is 71.6 Å². The maximum absolute atomic E-state index is 14.2. The minimum atomic E-state index is -7.19. The topological polar surface area (TPSA) is 73.8 Å². The maximum atomic E-state index is 14.2. The van der Waals surface area contributed by atoms with Crippen LogP contribution in [0.2, 0.25) is 0 Å². The molecule has 0 bridgehead atoms. The predicted octanol–water partition coefficient (Wildman–Crippen LogP) is 5.75. The molecule has 0 fully saturated rings. The number of halogens is 14. The molecule has 0 N–H and O–H groups in total. The Morgan fingerprint density at radius 1 is 0.735 bits per heavy atom. The summed E-state index contributed by atoms with van der Waals surface area (Å²) in [4.78, 5) is 11.3. The molecule has 2 aromatic rings. The van der Waals surface area contributed by atoms with Gasteiger partial charge in [-0.15, -0.1) is 5.10 Å². The van der Waals surface area contributed by atoms with Crippen molar-refractivity contribution in [1.29, 1.82) is 0 Å². The number of nitro benzene ring substituents is 1. The summed E-state index contributed by atoms with van der Waals surface area (Å²) in [7, 11) is 0. The molecule has 0 spiro atoms. The third kappa shape index (κ3) is 3.87. The number of nitrogens with zero attached hydrogens (tertiary/aromatic N) is 4. The highest BCUT2D eigenvalue weighted by Crippen LogP contribution is 2.54. The van der Waals surface area contributed by atoms with Crippen molar-refractivity contribution in [2.24, 2.45) is 0 Å². The molecule has 20 heteroatoms. The molecule has 0 amide bonds. The van der Waals surface area contributed by atoms with Gasteiger partial charge in [-0.25, -0.2) is 9.67 Å². The van der Waals surface area contributed by atoms with Crippen LogP contribution in [0.4, 0.5) is 67.2 Å². The first-order valence-corrected chi connectivity index (χ1v) is 7.88. The van der Waals surface area contributed by atoms with Crippen molar-refractivity contribution in [2.75, 3.05) is 0 Å². The minimum Gasteiger partial charge on any atom is -0.258 e. The van der Waals surface area contributed by atoms with Crippen molar-refractivity contribution < 1.29 is 66.4 Å². The van der Waals surface area contributed by atoms with Crippen molar-refractivity contribution >= 4 is 5.69 Å². The Hall–Kier alpha value is -3.22. The smallest absolute Gasteiger partial charge is 0.258 e. The van der Waals surface area contributed by atoms with Crippen molar-refractivity contribution in [3.8, 4) is 5.69 Å². The van der Waals surface area contributed by atoms with Gasteiger partial charge in [0.05, 0.1) is 4.92 Å². The largest absolute Gasteiger partial charge is 0.460 e.